The van der Waals surface area contributed by atoms with Gasteiger partial charge in [-0.05, 0) is 42.3 Å². The van der Waals surface area contributed by atoms with Gasteiger partial charge in [0.2, 0.25) is 5.88 Å². The number of aryl methyl sites for hydroxylation is 1. The van der Waals surface area contributed by atoms with Crippen molar-refractivity contribution >= 4 is 5.52 Å². The second-order valence-electron chi connectivity index (χ2n) is 5.42. The molecule has 24 heavy (non-hydrogen) atoms. The maximum atomic E-state index is 6.00. The van der Waals surface area contributed by atoms with Crippen LogP contribution in [0.2, 0.25) is 0 Å². The number of aromatic nitrogens is 4. The minimum Gasteiger partial charge on any atom is -0.438 e. The summed E-state index contributed by atoms with van der Waals surface area (Å²) in [5.41, 5.74) is 3.96. The first-order chi connectivity index (χ1) is 11.8. The Balaban J connectivity index is 1.76. The van der Waals surface area contributed by atoms with Crippen LogP contribution in [0.5, 0.6) is 11.6 Å². The van der Waals surface area contributed by atoms with E-state index in [0.717, 1.165) is 28.9 Å². The third kappa shape index (κ3) is 2.60. The quantitative estimate of drug-likeness (QED) is 0.567. The van der Waals surface area contributed by atoms with Gasteiger partial charge in [-0.25, -0.2) is 14.5 Å². The summed E-state index contributed by atoms with van der Waals surface area (Å²) in [6, 6.07) is 16.0. The maximum Gasteiger partial charge on any atom is 0.231 e. The van der Waals surface area contributed by atoms with Crippen molar-refractivity contribution in [2.45, 2.75) is 13.3 Å². The van der Waals surface area contributed by atoms with Crippen LogP contribution in [0.25, 0.3) is 16.8 Å². The highest BCUT2D eigenvalue weighted by Gasteiger charge is 2.12. The predicted molar refractivity (Wildman–Crippen MR) is 92.1 cm³/mol. The maximum absolute atomic E-state index is 6.00. The Kier molecular flexibility index (Phi) is 3.67. The summed E-state index contributed by atoms with van der Waals surface area (Å²) in [5.74, 6) is 1.26. The number of rotatable bonds is 4. The number of nitrogens with zero attached hydrogens (tertiary/aromatic N) is 4. The molecule has 0 aliphatic heterocycles. The normalized spacial score (nSPS) is 10.9. The first kappa shape index (κ1) is 14.4. The highest BCUT2D eigenvalue weighted by Crippen LogP contribution is 2.30. The fraction of sp³-hybridized carbons (Fsp3) is 0.105. The average Bonchev–Trinajstić information content (AvgIpc) is 3.12. The summed E-state index contributed by atoms with van der Waals surface area (Å²) in [6.45, 7) is 2.13. The van der Waals surface area contributed by atoms with Crippen molar-refractivity contribution in [3.8, 4) is 22.9 Å². The Morgan fingerprint density at radius 3 is 2.75 bits per heavy atom. The predicted octanol–water partition coefficient (Wildman–Crippen LogP) is 4.15. The van der Waals surface area contributed by atoms with Crippen molar-refractivity contribution in [3.05, 3.63) is 72.8 Å². The highest BCUT2D eigenvalue weighted by molar-refractivity contribution is 5.68. The molecule has 1 aromatic carbocycles. The lowest BCUT2D eigenvalue weighted by Gasteiger charge is -2.11. The number of hydrogen-bond acceptors (Lipinski definition) is 4. The van der Waals surface area contributed by atoms with Crippen LogP contribution >= 0.6 is 0 Å². The number of fused-ring (bicyclic) bond motifs is 1. The Labute approximate surface area is 139 Å². The minimum absolute atomic E-state index is 0.511. The van der Waals surface area contributed by atoms with Crippen molar-refractivity contribution in [2.24, 2.45) is 0 Å². The lowest BCUT2D eigenvalue weighted by atomic mass is 10.2. The van der Waals surface area contributed by atoms with E-state index in [1.54, 1.807) is 12.4 Å². The van der Waals surface area contributed by atoms with Crippen molar-refractivity contribution in [1.29, 1.82) is 0 Å². The molecule has 0 aliphatic carbocycles. The molecule has 3 heterocycles. The molecule has 0 aliphatic rings. The van der Waals surface area contributed by atoms with E-state index in [9.17, 15) is 0 Å². The number of ether oxygens (including phenoxy) is 1. The summed E-state index contributed by atoms with van der Waals surface area (Å²) in [6.07, 6.45) is 6.01. The first-order valence-corrected chi connectivity index (χ1v) is 7.85. The van der Waals surface area contributed by atoms with Gasteiger partial charge in [0.15, 0.2) is 0 Å². The van der Waals surface area contributed by atoms with Gasteiger partial charge < -0.3 is 4.74 Å². The molecule has 0 spiro atoms. The van der Waals surface area contributed by atoms with E-state index < -0.39 is 0 Å². The molecule has 0 radical (unpaired) electrons. The smallest absolute Gasteiger partial charge is 0.231 e. The number of hydrogen-bond donors (Lipinski definition) is 0. The highest BCUT2D eigenvalue weighted by atomic mass is 16.5. The van der Waals surface area contributed by atoms with Crippen molar-refractivity contribution in [2.75, 3.05) is 0 Å². The van der Waals surface area contributed by atoms with E-state index in [4.69, 9.17) is 4.74 Å². The van der Waals surface area contributed by atoms with Crippen molar-refractivity contribution in [1.82, 2.24) is 19.6 Å². The molecule has 0 N–H and O–H groups in total. The summed E-state index contributed by atoms with van der Waals surface area (Å²) < 4.78 is 7.85. The topological polar surface area (TPSA) is 52.3 Å². The molecule has 4 rings (SSSR count). The van der Waals surface area contributed by atoms with Gasteiger partial charge in [0.25, 0.3) is 0 Å². The van der Waals surface area contributed by atoms with Crippen LogP contribution < -0.4 is 4.74 Å². The summed E-state index contributed by atoms with van der Waals surface area (Å²) in [4.78, 5) is 8.46. The fourth-order valence-electron chi connectivity index (χ4n) is 2.63. The third-order valence-electron chi connectivity index (χ3n) is 3.92. The zero-order valence-corrected chi connectivity index (χ0v) is 13.3. The third-order valence-corrected chi connectivity index (χ3v) is 3.92. The summed E-state index contributed by atoms with van der Waals surface area (Å²) in [7, 11) is 0. The molecule has 5 nitrogen and oxygen atoms in total. The molecule has 118 valence electrons. The Morgan fingerprint density at radius 2 is 1.92 bits per heavy atom. The minimum atomic E-state index is 0.511. The van der Waals surface area contributed by atoms with Gasteiger partial charge in [-0.3, -0.25) is 0 Å². The van der Waals surface area contributed by atoms with Crippen LogP contribution in [0.4, 0.5) is 0 Å². The Hall–Kier alpha value is -3.21. The van der Waals surface area contributed by atoms with Gasteiger partial charge >= 0.3 is 0 Å². The van der Waals surface area contributed by atoms with Crippen LogP contribution in [-0.4, -0.2) is 19.6 Å². The van der Waals surface area contributed by atoms with Crippen molar-refractivity contribution < 1.29 is 4.74 Å². The number of benzene rings is 1. The molecule has 0 bridgehead atoms. The molecular formula is C19H16N4O. The molecule has 0 saturated heterocycles. The molecule has 0 unspecified atom stereocenters. The van der Waals surface area contributed by atoms with E-state index in [1.807, 2.05) is 40.9 Å². The Morgan fingerprint density at radius 1 is 1.04 bits per heavy atom. The molecule has 3 aromatic heterocycles. The monoisotopic (exact) mass is 316 g/mol. The summed E-state index contributed by atoms with van der Waals surface area (Å²) >= 11 is 0. The van der Waals surface area contributed by atoms with Gasteiger partial charge in [0.05, 0.1) is 23.0 Å². The Bertz CT molecular complexity index is 976. The van der Waals surface area contributed by atoms with Gasteiger partial charge in [-0.1, -0.05) is 25.1 Å². The van der Waals surface area contributed by atoms with E-state index >= 15 is 0 Å². The van der Waals surface area contributed by atoms with E-state index in [2.05, 4.69) is 34.1 Å². The van der Waals surface area contributed by atoms with Gasteiger partial charge in [0.1, 0.15) is 12.1 Å². The second-order valence-corrected chi connectivity index (χ2v) is 5.42. The summed E-state index contributed by atoms with van der Waals surface area (Å²) in [5, 5.41) is 4.37. The zero-order chi connectivity index (χ0) is 16.4. The lowest BCUT2D eigenvalue weighted by molar-refractivity contribution is 0.463. The standard InChI is InChI=1S/C19H16N4O/c1-2-14-6-8-16(9-7-14)24-19-17(12-20-13-21-19)18-5-3-4-15-10-11-22-23(15)18/h3-13H,2H2,1H3. The van der Waals surface area contributed by atoms with Crippen LogP contribution in [0, 0.1) is 0 Å². The number of pyridine rings is 1. The van der Waals surface area contributed by atoms with Crippen LogP contribution in [-0.2, 0) is 6.42 Å². The second kappa shape index (κ2) is 6.12. The van der Waals surface area contributed by atoms with Crippen LogP contribution in [0.15, 0.2) is 67.3 Å². The zero-order valence-electron chi connectivity index (χ0n) is 13.3. The van der Waals surface area contributed by atoms with E-state index in [-0.39, 0.29) is 0 Å². The van der Waals surface area contributed by atoms with Crippen LogP contribution in [0.3, 0.4) is 0 Å². The van der Waals surface area contributed by atoms with Crippen LogP contribution in [0.1, 0.15) is 12.5 Å². The molecule has 0 atom stereocenters. The molecule has 0 fully saturated rings. The fourth-order valence-corrected chi connectivity index (χ4v) is 2.63. The average molecular weight is 316 g/mol. The molecule has 0 saturated carbocycles. The van der Waals surface area contributed by atoms with Crippen molar-refractivity contribution in [3.63, 3.8) is 0 Å². The molecule has 0 amide bonds. The van der Waals surface area contributed by atoms with Gasteiger partial charge in [-0.15, -0.1) is 0 Å². The molecule has 5 heteroatoms. The van der Waals surface area contributed by atoms with E-state index in [0.29, 0.717) is 5.88 Å². The van der Waals surface area contributed by atoms with Gasteiger partial charge in [-0.2, -0.15) is 5.10 Å². The lowest BCUT2D eigenvalue weighted by Crippen LogP contribution is -1.98. The SMILES string of the molecule is CCc1ccc(Oc2ncncc2-c2cccc3ccnn23)cc1. The largest absolute Gasteiger partial charge is 0.438 e. The van der Waals surface area contributed by atoms with E-state index in [1.165, 1.54) is 11.9 Å². The molecule has 4 aromatic rings. The molecular weight excluding hydrogens is 300 g/mol. The van der Waals surface area contributed by atoms with Gasteiger partial charge in [0, 0.05) is 6.20 Å². The first-order valence-electron chi connectivity index (χ1n) is 7.85.